The second kappa shape index (κ2) is 7.15. The molecule has 0 spiro atoms. The van der Waals surface area contributed by atoms with E-state index in [4.69, 9.17) is 4.74 Å². The smallest absolute Gasteiger partial charge is 0.224 e. The molecule has 1 heterocycles. The van der Waals surface area contributed by atoms with Crippen molar-refractivity contribution in [1.82, 2.24) is 10.6 Å². The number of ether oxygens (including phenoxy) is 1. The van der Waals surface area contributed by atoms with Crippen LogP contribution < -0.4 is 15.4 Å². The Kier molecular flexibility index (Phi) is 4.98. The lowest BCUT2D eigenvalue weighted by atomic mass is 10.1. The third-order valence-electron chi connectivity index (χ3n) is 3.98. The molecule has 1 aliphatic rings. The summed E-state index contributed by atoms with van der Waals surface area (Å²) in [7, 11) is 1.61. The minimum atomic E-state index is -0.0139. The second-order valence-electron chi connectivity index (χ2n) is 5.62. The van der Waals surface area contributed by atoms with Gasteiger partial charge in [-0.1, -0.05) is 34.1 Å². The van der Waals surface area contributed by atoms with Gasteiger partial charge in [0.05, 0.1) is 13.5 Å². The van der Waals surface area contributed by atoms with Gasteiger partial charge in [0.25, 0.3) is 0 Å². The average molecular weight is 375 g/mol. The second-order valence-corrected chi connectivity index (χ2v) is 6.53. The molecule has 0 aliphatic carbocycles. The van der Waals surface area contributed by atoms with Crippen LogP contribution in [0.1, 0.15) is 22.3 Å². The molecular weight excluding hydrogens is 356 g/mol. The van der Waals surface area contributed by atoms with Crippen LogP contribution in [0.15, 0.2) is 40.9 Å². The first-order valence-corrected chi connectivity index (χ1v) is 8.35. The highest BCUT2D eigenvalue weighted by Crippen LogP contribution is 2.23. The maximum Gasteiger partial charge on any atom is 0.224 e. The largest absolute Gasteiger partial charge is 0.496 e. The van der Waals surface area contributed by atoms with Crippen molar-refractivity contribution in [1.29, 1.82) is 0 Å². The lowest BCUT2D eigenvalue weighted by molar-refractivity contribution is -0.120. The number of hydrogen-bond donors (Lipinski definition) is 2. The van der Waals surface area contributed by atoms with E-state index in [-0.39, 0.29) is 5.91 Å². The van der Waals surface area contributed by atoms with Gasteiger partial charge in [-0.05, 0) is 34.9 Å². The molecule has 1 aliphatic heterocycles. The number of rotatable bonds is 5. The SMILES string of the molecule is COc1ccc(Br)cc1CC(=O)NCc1ccc2c(c1)CNC2. The summed E-state index contributed by atoms with van der Waals surface area (Å²) in [5, 5.41) is 6.30. The molecule has 5 heteroatoms. The van der Waals surface area contributed by atoms with Crippen molar-refractivity contribution in [3.05, 3.63) is 63.1 Å². The average Bonchev–Trinajstić information content (AvgIpc) is 3.01. The molecule has 2 aromatic carbocycles. The fourth-order valence-corrected chi connectivity index (χ4v) is 3.19. The van der Waals surface area contributed by atoms with Crippen molar-refractivity contribution in [2.45, 2.75) is 26.1 Å². The van der Waals surface area contributed by atoms with Gasteiger partial charge in [0.2, 0.25) is 5.91 Å². The van der Waals surface area contributed by atoms with Gasteiger partial charge >= 0.3 is 0 Å². The Bertz CT molecular complexity index is 731. The van der Waals surface area contributed by atoms with Crippen LogP contribution in [-0.4, -0.2) is 13.0 Å². The monoisotopic (exact) mass is 374 g/mol. The first-order chi connectivity index (χ1) is 11.2. The fraction of sp³-hybridized carbons (Fsp3) is 0.278. The molecule has 23 heavy (non-hydrogen) atoms. The summed E-state index contributed by atoms with van der Waals surface area (Å²) in [6, 6.07) is 12.0. The third-order valence-corrected chi connectivity index (χ3v) is 4.48. The summed E-state index contributed by atoms with van der Waals surface area (Å²) in [5.74, 6) is 0.715. The molecule has 3 rings (SSSR count). The Balaban J connectivity index is 1.61. The minimum absolute atomic E-state index is 0.0139. The van der Waals surface area contributed by atoms with E-state index in [1.54, 1.807) is 7.11 Å². The Morgan fingerprint density at radius 1 is 1.22 bits per heavy atom. The molecule has 2 aromatic rings. The molecule has 0 atom stereocenters. The summed E-state index contributed by atoms with van der Waals surface area (Å²) in [6.45, 7) is 2.39. The van der Waals surface area contributed by atoms with Crippen molar-refractivity contribution in [2.24, 2.45) is 0 Å². The number of carbonyl (C=O) groups is 1. The van der Waals surface area contributed by atoms with Gasteiger partial charge in [-0.3, -0.25) is 4.79 Å². The van der Waals surface area contributed by atoms with Crippen molar-refractivity contribution >= 4 is 21.8 Å². The van der Waals surface area contributed by atoms with E-state index in [1.807, 2.05) is 18.2 Å². The van der Waals surface area contributed by atoms with Crippen LogP contribution in [0.4, 0.5) is 0 Å². The molecule has 120 valence electrons. The van der Waals surface area contributed by atoms with E-state index in [1.165, 1.54) is 11.1 Å². The number of benzene rings is 2. The van der Waals surface area contributed by atoms with Gasteiger partial charge in [0.1, 0.15) is 5.75 Å². The van der Waals surface area contributed by atoms with Gasteiger partial charge in [-0.15, -0.1) is 0 Å². The predicted octanol–water partition coefficient (Wildman–Crippen LogP) is 2.92. The molecule has 0 bridgehead atoms. The first-order valence-electron chi connectivity index (χ1n) is 7.56. The van der Waals surface area contributed by atoms with Gasteiger partial charge in [0, 0.05) is 29.7 Å². The molecular formula is C18H19BrN2O2. The fourth-order valence-electron chi connectivity index (χ4n) is 2.78. The van der Waals surface area contributed by atoms with Crippen LogP contribution >= 0.6 is 15.9 Å². The quantitative estimate of drug-likeness (QED) is 0.845. The van der Waals surface area contributed by atoms with Crippen LogP contribution in [0, 0.1) is 0 Å². The van der Waals surface area contributed by atoms with Crippen LogP contribution in [0.5, 0.6) is 5.75 Å². The normalized spacial score (nSPS) is 12.8. The van der Waals surface area contributed by atoms with E-state index in [0.29, 0.717) is 13.0 Å². The highest BCUT2D eigenvalue weighted by molar-refractivity contribution is 9.10. The Morgan fingerprint density at radius 2 is 2.04 bits per heavy atom. The summed E-state index contributed by atoms with van der Waals surface area (Å²) in [4.78, 5) is 12.2. The zero-order valence-corrected chi connectivity index (χ0v) is 14.6. The Labute approximate surface area is 144 Å². The number of halogens is 1. The summed E-state index contributed by atoms with van der Waals surface area (Å²) >= 11 is 3.43. The minimum Gasteiger partial charge on any atom is -0.496 e. The van der Waals surface area contributed by atoms with Crippen molar-refractivity contribution in [3.63, 3.8) is 0 Å². The number of nitrogens with one attached hydrogen (secondary N) is 2. The number of hydrogen-bond acceptors (Lipinski definition) is 3. The van der Waals surface area contributed by atoms with Gasteiger partial charge in [-0.2, -0.15) is 0 Å². The standard InChI is InChI=1S/C18H19BrN2O2/c1-23-17-5-4-16(19)7-14(17)8-18(22)21-9-12-2-3-13-10-20-11-15(13)6-12/h2-7,20H,8-11H2,1H3,(H,21,22). The van der Waals surface area contributed by atoms with E-state index in [9.17, 15) is 4.79 Å². The summed E-state index contributed by atoms with van der Waals surface area (Å²) in [5.41, 5.74) is 4.67. The third kappa shape index (κ3) is 3.92. The van der Waals surface area contributed by atoms with Crippen LogP contribution in [-0.2, 0) is 30.8 Å². The van der Waals surface area contributed by atoms with Gasteiger partial charge in [-0.25, -0.2) is 0 Å². The van der Waals surface area contributed by atoms with Crippen molar-refractivity contribution in [3.8, 4) is 5.75 Å². The van der Waals surface area contributed by atoms with E-state index < -0.39 is 0 Å². The number of methoxy groups -OCH3 is 1. The maximum absolute atomic E-state index is 12.2. The number of fused-ring (bicyclic) bond motifs is 1. The summed E-state index contributed by atoms with van der Waals surface area (Å²) < 4.78 is 6.24. The van der Waals surface area contributed by atoms with Crippen LogP contribution in [0.2, 0.25) is 0 Å². The highest BCUT2D eigenvalue weighted by Gasteiger charge is 2.12. The molecule has 1 amide bonds. The van der Waals surface area contributed by atoms with Gasteiger partial charge < -0.3 is 15.4 Å². The lowest BCUT2D eigenvalue weighted by Crippen LogP contribution is -2.24. The zero-order chi connectivity index (χ0) is 16.2. The molecule has 4 nitrogen and oxygen atoms in total. The number of amides is 1. The highest BCUT2D eigenvalue weighted by atomic mass is 79.9. The molecule has 2 N–H and O–H groups in total. The van der Waals surface area contributed by atoms with Crippen LogP contribution in [0.3, 0.4) is 0 Å². The topological polar surface area (TPSA) is 50.4 Å². The van der Waals surface area contributed by atoms with Crippen molar-refractivity contribution < 1.29 is 9.53 Å². The Morgan fingerprint density at radius 3 is 2.87 bits per heavy atom. The van der Waals surface area contributed by atoms with E-state index in [2.05, 4.69) is 44.8 Å². The van der Waals surface area contributed by atoms with Crippen molar-refractivity contribution in [2.75, 3.05) is 7.11 Å². The molecule has 0 unspecified atom stereocenters. The molecule has 0 aromatic heterocycles. The van der Waals surface area contributed by atoms with Crippen LogP contribution in [0.25, 0.3) is 0 Å². The molecule has 0 saturated heterocycles. The molecule has 0 fully saturated rings. The maximum atomic E-state index is 12.2. The first kappa shape index (κ1) is 16.0. The molecule has 0 saturated carbocycles. The summed E-state index contributed by atoms with van der Waals surface area (Å²) in [6.07, 6.45) is 0.301. The lowest BCUT2D eigenvalue weighted by Gasteiger charge is -2.10. The zero-order valence-electron chi connectivity index (χ0n) is 13.0. The van der Waals surface area contributed by atoms with E-state index in [0.717, 1.165) is 34.4 Å². The number of carbonyl (C=O) groups excluding carboxylic acids is 1. The molecule has 0 radical (unpaired) electrons. The predicted molar refractivity (Wildman–Crippen MR) is 93.2 cm³/mol. The van der Waals surface area contributed by atoms with Gasteiger partial charge in [0.15, 0.2) is 0 Å². The van der Waals surface area contributed by atoms with E-state index >= 15 is 0 Å². The Hall–Kier alpha value is -1.85.